The minimum atomic E-state index is 0.0841. The van der Waals surface area contributed by atoms with Crippen LogP contribution < -0.4 is 0 Å². The number of aliphatic hydroxyl groups excluding tert-OH is 1. The van der Waals surface area contributed by atoms with E-state index in [1.54, 1.807) is 11.3 Å². The van der Waals surface area contributed by atoms with Crippen molar-refractivity contribution >= 4 is 22.2 Å². The van der Waals surface area contributed by atoms with Gasteiger partial charge in [-0.05, 0) is 30.0 Å². The van der Waals surface area contributed by atoms with Crippen molar-refractivity contribution in [2.45, 2.75) is 20.1 Å². The topological polar surface area (TPSA) is 38.0 Å². The first-order valence-electron chi connectivity index (χ1n) is 5.86. The number of nitrogens with zero attached hydrogens (tertiary/aromatic N) is 2. The molecule has 0 radical (unpaired) electrons. The first-order valence-corrected chi connectivity index (χ1v) is 6.68. The fraction of sp³-hybridized carbons (Fsp3) is 0.214. The average molecular weight is 258 g/mol. The van der Waals surface area contributed by atoms with Crippen LogP contribution in [-0.2, 0) is 13.2 Å². The first kappa shape index (κ1) is 11.4. The molecule has 0 spiro atoms. The van der Waals surface area contributed by atoms with E-state index in [9.17, 15) is 5.11 Å². The fourth-order valence-corrected chi connectivity index (χ4v) is 2.91. The van der Waals surface area contributed by atoms with E-state index in [4.69, 9.17) is 0 Å². The molecule has 0 unspecified atom stereocenters. The molecule has 3 rings (SSSR count). The SMILES string of the molecule is Cc1ncc(Cn2ccc3ccc(CO)cc32)s1. The molecule has 0 aliphatic rings. The number of rotatable bonds is 3. The monoisotopic (exact) mass is 258 g/mol. The summed E-state index contributed by atoms with van der Waals surface area (Å²) >= 11 is 1.72. The van der Waals surface area contributed by atoms with Crippen molar-refractivity contribution in [3.05, 3.63) is 52.1 Å². The van der Waals surface area contributed by atoms with Gasteiger partial charge >= 0.3 is 0 Å². The van der Waals surface area contributed by atoms with E-state index in [2.05, 4.69) is 27.9 Å². The molecule has 2 aromatic heterocycles. The predicted molar refractivity (Wildman–Crippen MR) is 73.8 cm³/mol. The van der Waals surface area contributed by atoms with Crippen LogP contribution in [0, 0.1) is 6.92 Å². The lowest BCUT2D eigenvalue weighted by molar-refractivity contribution is 0.282. The van der Waals surface area contributed by atoms with Crippen LogP contribution in [0.1, 0.15) is 15.4 Å². The molecule has 3 aromatic rings. The smallest absolute Gasteiger partial charge is 0.0897 e. The highest BCUT2D eigenvalue weighted by Gasteiger charge is 2.04. The molecule has 0 saturated carbocycles. The normalized spacial score (nSPS) is 11.2. The quantitative estimate of drug-likeness (QED) is 0.784. The molecule has 18 heavy (non-hydrogen) atoms. The molecule has 0 bridgehead atoms. The van der Waals surface area contributed by atoms with Gasteiger partial charge in [0.15, 0.2) is 0 Å². The van der Waals surface area contributed by atoms with E-state index in [0.717, 1.165) is 22.6 Å². The third kappa shape index (κ3) is 2.05. The molecule has 0 amide bonds. The summed E-state index contributed by atoms with van der Waals surface area (Å²) in [6.45, 7) is 2.94. The lowest BCUT2D eigenvalue weighted by atomic mass is 10.2. The molecule has 92 valence electrons. The van der Waals surface area contributed by atoms with Gasteiger partial charge in [-0.2, -0.15) is 0 Å². The Bertz CT molecular complexity index is 684. The Morgan fingerprint density at radius 1 is 1.33 bits per heavy atom. The molecule has 3 nitrogen and oxygen atoms in total. The molecule has 4 heteroatoms. The average Bonchev–Trinajstić information content (AvgIpc) is 2.96. The third-order valence-corrected chi connectivity index (χ3v) is 3.91. The Morgan fingerprint density at radius 2 is 2.22 bits per heavy atom. The molecule has 0 saturated heterocycles. The Kier molecular flexibility index (Phi) is 2.89. The number of aromatic nitrogens is 2. The molecule has 1 aromatic carbocycles. The van der Waals surface area contributed by atoms with Crippen LogP contribution in [0.5, 0.6) is 0 Å². The highest BCUT2D eigenvalue weighted by atomic mass is 32.1. The van der Waals surface area contributed by atoms with Gasteiger partial charge in [-0.25, -0.2) is 4.98 Å². The van der Waals surface area contributed by atoms with Crippen molar-refractivity contribution in [3.8, 4) is 0 Å². The Morgan fingerprint density at radius 3 is 2.94 bits per heavy atom. The van der Waals surface area contributed by atoms with Gasteiger partial charge in [0.25, 0.3) is 0 Å². The van der Waals surface area contributed by atoms with Crippen LogP contribution >= 0.6 is 11.3 Å². The van der Waals surface area contributed by atoms with Gasteiger partial charge in [0, 0.05) is 22.8 Å². The molecule has 0 aliphatic carbocycles. The van der Waals surface area contributed by atoms with Gasteiger partial charge in [0.05, 0.1) is 18.2 Å². The van der Waals surface area contributed by atoms with Gasteiger partial charge in [-0.15, -0.1) is 11.3 Å². The highest BCUT2D eigenvalue weighted by Crippen LogP contribution is 2.21. The summed E-state index contributed by atoms with van der Waals surface area (Å²) in [5.41, 5.74) is 2.11. The van der Waals surface area contributed by atoms with Crippen molar-refractivity contribution in [2.24, 2.45) is 0 Å². The number of fused-ring (bicyclic) bond motifs is 1. The molecular formula is C14H14N2OS. The maximum atomic E-state index is 9.20. The lowest BCUT2D eigenvalue weighted by Crippen LogP contribution is -1.96. The summed E-state index contributed by atoms with van der Waals surface area (Å²) in [6.07, 6.45) is 4.02. The summed E-state index contributed by atoms with van der Waals surface area (Å²) in [6, 6.07) is 8.16. The first-order chi connectivity index (χ1) is 8.76. The number of aryl methyl sites for hydroxylation is 1. The number of hydrogen-bond donors (Lipinski definition) is 1. The van der Waals surface area contributed by atoms with Gasteiger partial charge in [-0.1, -0.05) is 12.1 Å². The fourth-order valence-electron chi connectivity index (χ4n) is 2.11. The van der Waals surface area contributed by atoms with Crippen molar-refractivity contribution < 1.29 is 5.11 Å². The largest absolute Gasteiger partial charge is 0.392 e. The number of hydrogen-bond acceptors (Lipinski definition) is 3. The highest BCUT2D eigenvalue weighted by molar-refractivity contribution is 7.11. The van der Waals surface area contributed by atoms with E-state index in [-0.39, 0.29) is 6.61 Å². The summed E-state index contributed by atoms with van der Waals surface area (Å²) in [7, 11) is 0. The van der Waals surface area contributed by atoms with E-state index in [1.807, 2.05) is 25.3 Å². The van der Waals surface area contributed by atoms with Crippen LogP contribution in [0.3, 0.4) is 0 Å². The third-order valence-electron chi connectivity index (χ3n) is 3.02. The van der Waals surface area contributed by atoms with E-state index in [0.29, 0.717) is 0 Å². The van der Waals surface area contributed by atoms with Crippen LogP contribution in [0.15, 0.2) is 36.7 Å². The predicted octanol–water partition coefficient (Wildman–Crippen LogP) is 2.95. The standard InChI is InChI=1S/C14H14N2OS/c1-10-15-7-13(18-10)8-16-5-4-12-3-2-11(9-17)6-14(12)16/h2-7,17H,8-9H2,1H3. The zero-order valence-electron chi connectivity index (χ0n) is 10.1. The maximum Gasteiger partial charge on any atom is 0.0897 e. The van der Waals surface area contributed by atoms with Gasteiger partial charge < -0.3 is 9.67 Å². The van der Waals surface area contributed by atoms with E-state index >= 15 is 0 Å². The van der Waals surface area contributed by atoms with Gasteiger partial charge in [0.1, 0.15) is 0 Å². The van der Waals surface area contributed by atoms with Crippen LogP contribution in [0.4, 0.5) is 0 Å². The molecule has 0 aliphatic heterocycles. The zero-order chi connectivity index (χ0) is 12.5. The zero-order valence-corrected chi connectivity index (χ0v) is 10.9. The molecule has 2 heterocycles. The van der Waals surface area contributed by atoms with E-state index in [1.165, 1.54) is 10.3 Å². The van der Waals surface area contributed by atoms with E-state index < -0.39 is 0 Å². The Balaban J connectivity index is 2.01. The second-order valence-electron chi connectivity index (χ2n) is 4.34. The van der Waals surface area contributed by atoms with Gasteiger partial charge in [-0.3, -0.25) is 0 Å². The summed E-state index contributed by atoms with van der Waals surface area (Å²) < 4.78 is 2.20. The number of thiazole rings is 1. The molecule has 0 fully saturated rings. The minimum Gasteiger partial charge on any atom is -0.392 e. The Labute approximate surface area is 109 Å². The second-order valence-corrected chi connectivity index (χ2v) is 5.66. The molecular weight excluding hydrogens is 244 g/mol. The lowest BCUT2D eigenvalue weighted by Gasteiger charge is -2.04. The van der Waals surface area contributed by atoms with Crippen molar-refractivity contribution in [2.75, 3.05) is 0 Å². The van der Waals surface area contributed by atoms with Crippen molar-refractivity contribution in [1.29, 1.82) is 0 Å². The number of aliphatic hydroxyl groups is 1. The maximum absolute atomic E-state index is 9.20. The van der Waals surface area contributed by atoms with Crippen molar-refractivity contribution in [1.82, 2.24) is 9.55 Å². The summed E-state index contributed by atoms with van der Waals surface area (Å²) in [5, 5.41) is 11.5. The second kappa shape index (κ2) is 4.55. The van der Waals surface area contributed by atoms with Crippen molar-refractivity contribution in [3.63, 3.8) is 0 Å². The Hall–Kier alpha value is -1.65. The molecule has 1 N–H and O–H groups in total. The van der Waals surface area contributed by atoms with Crippen LogP contribution in [0.25, 0.3) is 10.9 Å². The van der Waals surface area contributed by atoms with Gasteiger partial charge in [0.2, 0.25) is 0 Å². The van der Waals surface area contributed by atoms with Crippen LogP contribution in [0.2, 0.25) is 0 Å². The van der Waals surface area contributed by atoms with Crippen LogP contribution in [-0.4, -0.2) is 14.7 Å². The summed E-state index contributed by atoms with van der Waals surface area (Å²) in [4.78, 5) is 5.53. The minimum absolute atomic E-state index is 0.0841. The molecule has 0 atom stereocenters. The summed E-state index contributed by atoms with van der Waals surface area (Å²) in [5.74, 6) is 0. The number of benzene rings is 1.